The molecule has 0 amide bonds. The molecule has 5 rings (SSSR count). The number of carbonyl (C=O) groups is 1. The number of hydrogen-bond acceptors (Lipinski definition) is 10. The van der Waals surface area contributed by atoms with Crippen molar-refractivity contribution >= 4 is 53.9 Å². The first-order chi connectivity index (χ1) is 17.1. The number of fused-ring (bicyclic) bond motifs is 1. The van der Waals surface area contributed by atoms with Crippen LogP contribution in [0.1, 0.15) is 77.2 Å². The zero-order valence-corrected chi connectivity index (χ0v) is 23.1. The van der Waals surface area contributed by atoms with Crippen molar-refractivity contribution in [1.82, 2.24) is 24.6 Å². The Labute approximate surface area is 230 Å². The molecule has 0 radical (unpaired) electrons. The highest BCUT2D eigenvalue weighted by atomic mass is 35.5. The molecule has 13 heteroatoms. The van der Waals surface area contributed by atoms with Crippen LogP contribution in [-0.2, 0) is 9.57 Å². The zero-order valence-electron chi connectivity index (χ0n) is 21.4. The van der Waals surface area contributed by atoms with Crippen LogP contribution in [0.4, 0.5) is 16.6 Å². The largest absolute Gasteiger partial charge is 0.527 e. The molecule has 11 nitrogen and oxygen atoms in total. The Morgan fingerprint density at radius 3 is 2.35 bits per heavy atom. The van der Waals surface area contributed by atoms with E-state index in [0.717, 1.165) is 55.5 Å². The summed E-state index contributed by atoms with van der Waals surface area (Å²) in [5.74, 6) is 1.43. The van der Waals surface area contributed by atoms with Gasteiger partial charge in [-0.15, -0.1) is 29.9 Å². The molecule has 0 atom stereocenters. The predicted octanol–water partition coefficient (Wildman–Crippen LogP) is 4.43. The number of nitrogens with zero attached hydrogens (tertiary/aromatic N) is 5. The van der Waals surface area contributed by atoms with Crippen LogP contribution in [0.2, 0.25) is 0 Å². The maximum atomic E-state index is 11.6. The van der Waals surface area contributed by atoms with E-state index in [2.05, 4.69) is 15.2 Å². The second-order valence-corrected chi connectivity index (χ2v) is 10.0. The summed E-state index contributed by atoms with van der Waals surface area (Å²) >= 11 is 0. The van der Waals surface area contributed by atoms with Gasteiger partial charge < -0.3 is 30.5 Å². The average molecular weight is 560 g/mol. The van der Waals surface area contributed by atoms with Crippen molar-refractivity contribution in [3.05, 3.63) is 6.33 Å². The van der Waals surface area contributed by atoms with Gasteiger partial charge in [0, 0.05) is 37.3 Å². The summed E-state index contributed by atoms with van der Waals surface area (Å²) in [4.78, 5) is 31.4. The van der Waals surface area contributed by atoms with Gasteiger partial charge in [0.05, 0.1) is 12.9 Å². The molecule has 1 aliphatic heterocycles. The van der Waals surface area contributed by atoms with Crippen molar-refractivity contribution in [3.8, 4) is 0 Å². The zero-order chi connectivity index (χ0) is 24.2. The van der Waals surface area contributed by atoms with E-state index >= 15 is 0 Å². The first-order valence-corrected chi connectivity index (χ1v) is 13.2. The Bertz CT molecular complexity index is 1000. The summed E-state index contributed by atoms with van der Waals surface area (Å²) in [5, 5.41) is 8.88. The van der Waals surface area contributed by atoms with E-state index in [-0.39, 0.29) is 30.9 Å². The fourth-order valence-electron chi connectivity index (χ4n) is 5.51. The summed E-state index contributed by atoms with van der Waals surface area (Å²) < 4.78 is 7.12. The summed E-state index contributed by atoms with van der Waals surface area (Å²) in [6, 6.07) is 1.29. The number of anilines is 2. The van der Waals surface area contributed by atoms with E-state index in [1.54, 1.807) is 12.0 Å². The third kappa shape index (κ3) is 7.28. The van der Waals surface area contributed by atoms with Gasteiger partial charge in [-0.1, -0.05) is 12.8 Å². The molecular formula is C24H40Cl2N8O3. The molecule has 3 heterocycles. The minimum atomic E-state index is -0.645. The Hall–Kier alpha value is -2.08. The molecule has 2 aliphatic carbocycles. The number of ether oxygens (including phenoxy) is 1. The van der Waals surface area contributed by atoms with Gasteiger partial charge in [-0.05, 0) is 58.3 Å². The highest BCUT2D eigenvalue weighted by molar-refractivity contribution is 5.86. The number of nitrogens with one attached hydrogen (secondary N) is 2. The fourth-order valence-corrected chi connectivity index (χ4v) is 5.51. The number of nitrogens with two attached hydrogens (primary N) is 1. The number of hydrogen-bond donors (Lipinski definition) is 3. The van der Waals surface area contributed by atoms with Gasteiger partial charge in [0.25, 0.3) is 0 Å². The Kier molecular flexibility index (Phi) is 10.9. The molecule has 2 aromatic rings. The molecule has 0 bridgehead atoms. The maximum Gasteiger partial charge on any atom is 0.527 e. The number of carbonyl (C=O) groups excluding carboxylic acids is 1. The summed E-state index contributed by atoms with van der Waals surface area (Å²) in [6.07, 6.45) is 11.9. The topological polar surface area (TPSA) is 132 Å². The van der Waals surface area contributed by atoms with Crippen molar-refractivity contribution in [2.75, 3.05) is 30.3 Å². The smallest absolute Gasteiger partial charge is 0.433 e. The van der Waals surface area contributed by atoms with Gasteiger partial charge in [0.2, 0.25) is 5.95 Å². The highest BCUT2D eigenvalue weighted by Crippen LogP contribution is 2.34. The Morgan fingerprint density at radius 1 is 1.00 bits per heavy atom. The van der Waals surface area contributed by atoms with Crippen LogP contribution in [-0.4, -0.2) is 68.6 Å². The van der Waals surface area contributed by atoms with Gasteiger partial charge in [-0.25, -0.2) is 9.78 Å². The molecule has 208 valence electrons. The third-order valence-corrected chi connectivity index (χ3v) is 7.51. The van der Waals surface area contributed by atoms with E-state index in [0.29, 0.717) is 43.8 Å². The van der Waals surface area contributed by atoms with Crippen LogP contribution in [0, 0.1) is 0 Å². The fraction of sp³-hybridized carbons (Fsp3) is 0.750. The molecule has 1 saturated heterocycles. The standard InChI is InChI=1S/C24H38N8O3.2ClH/c1-2-34-24(33)35-31-13-11-18(12-14-31)27-21-20-22(32(15-26-20)19-5-3-4-6-19)30-23(29-21)28-17-9-7-16(25)8-10-17;;/h15-19H,2-14,25H2,1H3,(H2,27,28,29,30);2*1H/t16-,17-;;. The van der Waals surface area contributed by atoms with Crippen molar-refractivity contribution in [1.29, 1.82) is 0 Å². The number of piperidine rings is 1. The second-order valence-electron chi connectivity index (χ2n) is 10.0. The molecule has 2 saturated carbocycles. The molecule has 0 aromatic carbocycles. The minimum Gasteiger partial charge on any atom is -0.433 e. The lowest BCUT2D eigenvalue weighted by molar-refractivity contribution is -0.137. The van der Waals surface area contributed by atoms with Gasteiger partial charge in [0.1, 0.15) is 0 Å². The minimum absolute atomic E-state index is 0. The van der Waals surface area contributed by atoms with Crippen LogP contribution >= 0.6 is 24.8 Å². The first kappa shape index (κ1) is 29.5. The molecule has 4 N–H and O–H groups in total. The van der Waals surface area contributed by atoms with E-state index in [4.69, 9.17) is 30.3 Å². The van der Waals surface area contributed by atoms with E-state index < -0.39 is 6.16 Å². The first-order valence-electron chi connectivity index (χ1n) is 13.2. The van der Waals surface area contributed by atoms with Crippen LogP contribution in [0.5, 0.6) is 0 Å². The SMILES string of the molecule is CCOC(=O)ON1CCC(Nc2nc(N[C@H]3CC[C@H](N)CC3)nc3c2ncn3C2CCCC2)CC1.Cl.Cl. The van der Waals surface area contributed by atoms with Crippen LogP contribution in [0.25, 0.3) is 11.2 Å². The maximum absolute atomic E-state index is 11.6. The quantitative estimate of drug-likeness (QED) is 0.419. The van der Waals surface area contributed by atoms with Gasteiger partial charge in [0.15, 0.2) is 17.0 Å². The number of hydroxylamine groups is 2. The van der Waals surface area contributed by atoms with Crippen molar-refractivity contribution in [2.24, 2.45) is 5.73 Å². The van der Waals surface area contributed by atoms with Crippen LogP contribution in [0.15, 0.2) is 6.33 Å². The summed E-state index contributed by atoms with van der Waals surface area (Å²) in [5.41, 5.74) is 7.82. The second kappa shape index (κ2) is 13.6. The Morgan fingerprint density at radius 2 is 1.68 bits per heavy atom. The Balaban J connectivity index is 0.00000190. The average Bonchev–Trinajstić information content (AvgIpc) is 3.52. The number of halogens is 2. The lowest BCUT2D eigenvalue weighted by Crippen LogP contribution is -2.40. The van der Waals surface area contributed by atoms with E-state index in [1.807, 2.05) is 6.33 Å². The summed E-state index contributed by atoms with van der Waals surface area (Å²) in [6.45, 7) is 3.33. The lowest BCUT2D eigenvalue weighted by Gasteiger charge is -2.31. The molecule has 0 spiro atoms. The highest BCUT2D eigenvalue weighted by Gasteiger charge is 2.27. The monoisotopic (exact) mass is 558 g/mol. The molecular weight excluding hydrogens is 519 g/mol. The van der Waals surface area contributed by atoms with Crippen molar-refractivity contribution in [2.45, 2.75) is 95.3 Å². The third-order valence-electron chi connectivity index (χ3n) is 7.51. The van der Waals surface area contributed by atoms with Crippen molar-refractivity contribution < 1.29 is 14.4 Å². The van der Waals surface area contributed by atoms with E-state index in [9.17, 15) is 4.79 Å². The lowest BCUT2D eigenvalue weighted by atomic mass is 9.92. The molecule has 2 aromatic heterocycles. The van der Waals surface area contributed by atoms with Gasteiger partial charge >= 0.3 is 6.16 Å². The normalized spacial score (nSPS) is 23.2. The van der Waals surface area contributed by atoms with E-state index in [1.165, 1.54) is 25.7 Å². The molecule has 0 unspecified atom stereocenters. The number of aromatic nitrogens is 4. The summed E-state index contributed by atoms with van der Waals surface area (Å²) in [7, 11) is 0. The molecule has 3 fully saturated rings. The van der Waals surface area contributed by atoms with Crippen LogP contribution in [0.3, 0.4) is 0 Å². The number of imidazole rings is 1. The predicted molar refractivity (Wildman–Crippen MR) is 148 cm³/mol. The van der Waals surface area contributed by atoms with Gasteiger partial charge in [-0.3, -0.25) is 0 Å². The van der Waals surface area contributed by atoms with Crippen LogP contribution < -0.4 is 16.4 Å². The molecule has 3 aliphatic rings. The van der Waals surface area contributed by atoms with Gasteiger partial charge in [-0.2, -0.15) is 9.97 Å². The van der Waals surface area contributed by atoms with Crippen molar-refractivity contribution in [3.63, 3.8) is 0 Å². The molecule has 37 heavy (non-hydrogen) atoms. The number of rotatable bonds is 7.